The SMILES string of the molecule is Cc1ccccc1-c1ccc(-c2ccc(F)cc2)c[n+]1C. The molecule has 0 saturated carbocycles. The molecule has 0 aliphatic heterocycles. The molecule has 0 radical (unpaired) electrons. The van der Waals surface area contributed by atoms with Crippen LogP contribution in [-0.2, 0) is 7.05 Å². The predicted octanol–water partition coefficient (Wildman–Crippen LogP) is 4.29. The number of nitrogens with zero attached hydrogens (tertiary/aromatic N) is 1. The summed E-state index contributed by atoms with van der Waals surface area (Å²) >= 11 is 0. The molecular weight excluding hydrogens is 261 g/mol. The fraction of sp³-hybridized carbons (Fsp3) is 0.105. The van der Waals surface area contributed by atoms with Crippen LogP contribution in [0.25, 0.3) is 22.4 Å². The molecule has 0 amide bonds. The summed E-state index contributed by atoms with van der Waals surface area (Å²) in [5, 5.41) is 0. The van der Waals surface area contributed by atoms with E-state index in [1.807, 2.05) is 13.1 Å². The van der Waals surface area contributed by atoms with Crippen LogP contribution in [0.15, 0.2) is 66.9 Å². The Balaban J connectivity index is 2.04. The van der Waals surface area contributed by atoms with Crippen LogP contribution in [0.1, 0.15) is 5.56 Å². The minimum atomic E-state index is -0.209. The molecule has 0 fully saturated rings. The maximum Gasteiger partial charge on any atom is 0.212 e. The van der Waals surface area contributed by atoms with Crippen LogP contribution in [-0.4, -0.2) is 0 Å². The molecule has 0 unspecified atom stereocenters. The van der Waals surface area contributed by atoms with Gasteiger partial charge in [-0.3, -0.25) is 0 Å². The van der Waals surface area contributed by atoms with Gasteiger partial charge in [-0.2, -0.15) is 0 Å². The van der Waals surface area contributed by atoms with Crippen LogP contribution in [0.5, 0.6) is 0 Å². The van der Waals surface area contributed by atoms with E-state index in [0.29, 0.717) is 0 Å². The summed E-state index contributed by atoms with van der Waals surface area (Å²) < 4.78 is 15.1. The average molecular weight is 278 g/mol. The lowest BCUT2D eigenvalue weighted by atomic mass is 10.0. The van der Waals surface area contributed by atoms with Gasteiger partial charge in [0.2, 0.25) is 5.69 Å². The van der Waals surface area contributed by atoms with Gasteiger partial charge in [0.05, 0.1) is 0 Å². The summed E-state index contributed by atoms with van der Waals surface area (Å²) in [6.45, 7) is 2.11. The first kappa shape index (κ1) is 13.5. The topological polar surface area (TPSA) is 3.88 Å². The fourth-order valence-corrected chi connectivity index (χ4v) is 2.56. The highest BCUT2D eigenvalue weighted by Crippen LogP contribution is 2.23. The summed E-state index contributed by atoms with van der Waals surface area (Å²) in [7, 11) is 2.04. The van der Waals surface area contributed by atoms with Gasteiger partial charge in [0.15, 0.2) is 6.20 Å². The van der Waals surface area contributed by atoms with E-state index in [1.54, 1.807) is 12.1 Å². The van der Waals surface area contributed by atoms with Crippen molar-refractivity contribution in [1.82, 2.24) is 0 Å². The summed E-state index contributed by atoms with van der Waals surface area (Å²) in [6, 6.07) is 19.1. The number of benzene rings is 2. The van der Waals surface area contributed by atoms with Gasteiger partial charge in [-0.05, 0) is 42.3 Å². The standard InChI is InChI=1S/C19H17FN/c1-14-5-3-4-6-18(14)19-12-9-16(13-21(19)2)15-7-10-17(20)11-8-15/h3-13H,1-2H3/q+1. The first-order valence-corrected chi connectivity index (χ1v) is 6.97. The number of hydrogen-bond donors (Lipinski definition) is 0. The smallest absolute Gasteiger partial charge is 0.207 e. The molecule has 1 heterocycles. The molecule has 1 nitrogen and oxygen atoms in total. The Kier molecular flexibility index (Phi) is 3.53. The Morgan fingerprint density at radius 1 is 0.810 bits per heavy atom. The van der Waals surface area contributed by atoms with Gasteiger partial charge < -0.3 is 0 Å². The second-order valence-corrected chi connectivity index (χ2v) is 5.24. The van der Waals surface area contributed by atoms with Crippen LogP contribution in [0.2, 0.25) is 0 Å². The van der Waals surface area contributed by atoms with E-state index < -0.39 is 0 Å². The Hall–Kier alpha value is -2.48. The van der Waals surface area contributed by atoms with Gasteiger partial charge in [0, 0.05) is 17.2 Å². The maximum atomic E-state index is 13.0. The molecule has 104 valence electrons. The second kappa shape index (κ2) is 5.49. The summed E-state index contributed by atoms with van der Waals surface area (Å²) in [5.41, 5.74) is 5.74. The summed E-state index contributed by atoms with van der Waals surface area (Å²) in [5.74, 6) is -0.209. The molecule has 2 aromatic carbocycles. The molecule has 3 rings (SSSR count). The molecule has 0 aliphatic rings. The van der Waals surface area contributed by atoms with Crippen molar-refractivity contribution in [2.75, 3.05) is 0 Å². The third kappa shape index (κ3) is 2.70. The van der Waals surface area contributed by atoms with Crippen LogP contribution in [0.4, 0.5) is 4.39 Å². The molecule has 0 N–H and O–H groups in total. The molecule has 0 aliphatic carbocycles. The Morgan fingerprint density at radius 2 is 1.48 bits per heavy atom. The lowest BCUT2D eigenvalue weighted by molar-refractivity contribution is -0.659. The fourth-order valence-electron chi connectivity index (χ4n) is 2.56. The molecule has 3 aromatic rings. The monoisotopic (exact) mass is 278 g/mol. The van der Waals surface area contributed by atoms with Crippen LogP contribution in [0.3, 0.4) is 0 Å². The molecule has 2 heteroatoms. The zero-order valence-corrected chi connectivity index (χ0v) is 12.2. The third-order valence-electron chi connectivity index (χ3n) is 3.73. The van der Waals surface area contributed by atoms with Crippen molar-refractivity contribution in [2.24, 2.45) is 7.05 Å². The van der Waals surface area contributed by atoms with Crippen molar-refractivity contribution in [3.05, 3.63) is 78.2 Å². The number of rotatable bonds is 2. The van der Waals surface area contributed by atoms with Gasteiger partial charge in [0.25, 0.3) is 0 Å². The van der Waals surface area contributed by atoms with Crippen LogP contribution >= 0.6 is 0 Å². The van der Waals surface area contributed by atoms with Crippen molar-refractivity contribution in [1.29, 1.82) is 0 Å². The van der Waals surface area contributed by atoms with E-state index in [0.717, 1.165) is 11.1 Å². The molecule has 0 saturated heterocycles. The average Bonchev–Trinajstić information content (AvgIpc) is 2.49. The van der Waals surface area contributed by atoms with Crippen molar-refractivity contribution in [3.8, 4) is 22.4 Å². The Bertz CT molecular complexity index is 776. The van der Waals surface area contributed by atoms with E-state index in [-0.39, 0.29) is 5.82 Å². The molecular formula is C19H17FN+. The molecule has 0 bridgehead atoms. The number of halogens is 1. The van der Waals surface area contributed by atoms with Gasteiger partial charge in [-0.1, -0.05) is 30.3 Å². The number of hydrogen-bond acceptors (Lipinski definition) is 0. The van der Waals surface area contributed by atoms with Crippen molar-refractivity contribution in [3.63, 3.8) is 0 Å². The number of aromatic nitrogens is 1. The number of aryl methyl sites for hydroxylation is 2. The van der Waals surface area contributed by atoms with E-state index >= 15 is 0 Å². The zero-order chi connectivity index (χ0) is 14.8. The Morgan fingerprint density at radius 3 is 2.14 bits per heavy atom. The molecule has 0 atom stereocenters. The van der Waals surface area contributed by atoms with E-state index in [2.05, 4.69) is 48.0 Å². The zero-order valence-electron chi connectivity index (χ0n) is 12.2. The first-order chi connectivity index (χ1) is 10.1. The maximum absolute atomic E-state index is 13.0. The molecule has 0 spiro atoms. The van der Waals surface area contributed by atoms with E-state index in [1.165, 1.54) is 29.0 Å². The summed E-state index contributed by atoms with van der Waals surface area (Å²) in [6.07, 6.45) is 2.08. The van der Waals surface area contributed by atoms with Gasteiger partial charge in [-0.25, -0.2) is 8.96 Å². The second-order valence-electron chi connectivity index (χ2n) is 5.24. The predicted molar refractivity (Wildman–Crippen MR) is 83.2 cm³/mol. The van der Waals surface area contributed by atoms with E-state index in [9.17, 15) is 4.39 Å². The highest BCUT2D eigenvalue weighted by atomic mass is 19.1. The highest BCUT2D eigenvalue weighted by molar-refractivity contribution is 5.66. The molecule has 1 aromatic heterocycles. The van der Waals surface area contributed by atoms with Crippen molar-refractivity contribution in [2.45, 2.75) is 6.92 Å². The van der Waals surface area contributed by atoms with Gasteiger partial charge in [0.1, 0.15) is 12.9 Å². The van der Waals surface area contributed by atoms with Gasteiger partial charge in [-0.15, -0.1) is 0 Å². The summed E-state index contributed by atoms with van der Waals surface area (Å²) in [4.78, 5) is 0. The lowest BCUT2D eigenvalue weighted by Crippen LogP contribution is -2.30. The van der Waals surface area contributed by atoms with Gasteiger partial charge >= 0.3 is 0 Å². The normalized spacial score (nSPS) is 10.6. The molecule has 21 heavy (non-hydrogen) atoms. The first-order valence-electron chi connectivity index (χ1n) is 6.97. The largest absolute Gasteiger partial charge is 0.212 e. The third-order valence-corrected chi connectivity index (χ3v) is 3.73. The minimum absolute atomic E-state index is 0.209. The van der Waals surface area contributed by atoms with Crippen molar-refractivity contribution >= 4 is 0 Å². The van der Waals surface area contributed by atoms with Crippen LogP contribution < -0.4 is 4.57 Å². The highest BCUT2D eigenvalue weighted by Gasteiger charge is 2.13. The Labute approximate surface area is 124 Å². The van der Waals surface area contributed by atoms with E-state index in [4.69, 9.17) is 0 Å². The van der Waals surface area contributed by atoms with Crippen LogP contribution in [0, 0.1) is 12.7 Å². The van der Waals surface area contributed by atoms with Crippen molar-refractivity contribution < 1.29 is 8.96 Å². The minimum Gasteiger partial charge on any atom is -0.207 e. The number of pyridine rings is 1. The lowest BCUT2D eigenvalue weighted by Gasteiger charge is -2.06. The quantitative estimate of drug-likeness (QED) is 0.616.